The summed E-state index contributed by atoms with van der Waals surface area (Å²) in [4.78, 5) is 33.8. The maximum absolute atomic E-state index is 11.6. The van der Waals surface area contributed by atoms with Crippen LogP contribution in [0.15, 0.2) is 41.9 Å². The Morgan fingerprint density at radius 2 is 1.80 bits per heavy atom. The molecule has 0 atom stereocenters. The number of carboxylic acid groups (broad SMARTS) is 1. The molecule has 0 heterocycles. The fraction of sp³-hybridized carbons (Fsp3) is 0. The van der Waals surface area contributed by atoms with Crippen molar-refractivity contribution in [1.82, 2.24) is 0 Å². The van der Waals surface area contributed by atoms with Crippen LogP contribution in [0.5, 0.6) is 11.5 Å². The second-order valence-corrected chi connectivity index (χ2v) is 3.86. The largest absolute Gasteiger partial charge is 0.508 e. The van der Waals surface area contributed by atoms with Crippen molar-refractivity contribution in [2.24, 2.45) is 0 Å². The Hall–Kier alpha value is -3.09. The number of carboxylic acids is 1. The van der Waals surface area contributed by atoms with Crippen LogP contribution in [0.25, 0.3) is 0 Å². The molecule has 0 bridgehead atoms. The number of benzene rings is 1. The molecule has 0 spiro atoms. The van der Waals surface area contributed by atoms with E-state index in [2.05, 4.69) is 0 Å². The molecule has 7 nitrogen and oxygen atoms in total. The monoisotopic (exact) mass is 276 g/mol. The zero-order chi connectivity index (χ0) is 14.9. The smallest absolute Gasteiger partial charge is 0.339 e. The van der Waals surface area contributed by atoms with Gasteiger partial charge in [-0.3, -0.25) is 9.59 Å². The summed E-state index contributed by atoms with van der Waals surface area (Å²) in [5.41, 5.74) is -0.307. The molecule has 0 saturated carbocycles. The summed E-state index contributed by atoms with van der Waals surface area (Å²) in [6.07, 6.45) is 1.54. The van der Waals surface area contributed by atoms with E-state index < -0.39 is 29.1 Å². The zero-order valence-electron chi connectivity index (χ0n) is 9.86. The third-order valence-electron chi connectivity index (χ3n) is 2.42. The summed E-state index contributed by atoms with van der Waals surface area (Å²) >= 11 is 0. The normalized spacial score (nSPS) is 14.6. The minimum Gasteiger partial charge on any atom is -0.508 e. The third-order valence-corrected chi connectivity index (χ3v) is 2.42. The van der Waals surface area contributed by atoms with Gasteiger partial charge < -0.3 is 20.1 Å². The molecule has 1 aromatic carbocycles. The molecule has 7 heteroatoms. The number of carbonyl (C=O) groups is 3. The predicted molar refractivity (Wildman–Crippen MR) is 64.5 cm³/mol. The molecular weight excluding hydrogens is 268 g/mol. The fourth-order valence-electron chi connectivity index (χ4n) is 1.53. The second kappa shape index (κ2) is 4.88. The van der Waals surface area contributed by atoms with Gasteiger partial charge in [-0.25, -0.2) is 4.79 Å². The molecule has 0 radical (unpaired) electrons. The maximum Gasteiger partial charge on any atom is 0.339 e. The van der Waals surface area contributed by atoms with Crippen LogP contribution in [-0.4, -0.2) is 32.9 Å². The van der Waals surface area contributed by atoms with Crippen LogP contribution in [0, 0.1) is 0 Å². The van der Waals surface area contributed by atoms with Gasteiger partial charge in [-0.2, -0.15) is 0 Å². The molecule has 0 amide bonds. The van der Waals surface area contributed by atoms with E-state index in [1.54, 1.807) is 0 Å². The van der Waals surface area contributed by atoms with E-state index in [0.717, 1.165) is 30.4 Å². The number of phenolic OH excluding ortho intramolecular Hbond substituents is 1. The first-order chi connectivity index (χ1) is 9.38. The van der Waals surface area contributed by atoms with Crippen molar-refractivity contribution in [3.63, 3.8) is 0 Å². The minimum absolute atomic E-state index is 0.278. The number of aromatic hydroxyl groups is 1. The number of aromatic carboxylic acids is 1. The molecule has 20 heavy (non-hydrogen) atoms. The highest BCUT2D eigenvalue weighted by Crippen LogP contribution is 2.27. The van der Waals surface area contributed by atoms with Crippen LogP contribution in [-0.2, 0) is 9.59 Å². The molecule has 0 aliphatic heterocycles. The van der Waals surface area contributed by atoms with Crippen molar-refractivity contribution < 1.29 is 34.4 Å². The Labute approximate surface area is 112 Å². The number of carbonyl (C=O) groups excluding carboxylic acids is 2. The molecular formula is C13H8O7. The van der Waals surface area contributed by atoms with E-state index in [0.29, 0.717) is 0 Å². The Morgan fingerprint density at radius 3 is 2.45 bits per heavy atom. The lowest BCUT2D eigenvalue weighted by molar-refractivity contribution is -0.119. The molecule has 0 aromatic heterocycles. The van der Waals surface area contributed by atoms with E-state index in [1.807, 2.05) is 0 Å². The first-order valence-corrected chi connectivity index (χ1v) is 5.33. The highest BCUT2D eigenvalue weighted by atomic mass is 16.5. The minimum atomic E-state index is -1.34. The van der Waals surface area contributed by atoms with Crippen molar-refractivity contribution >= 4 is 17.5 Å². The van der Waals surface area contributed by atoms with Crippen molar-refractivity contribution in [2.45, 2.75) is 0 Å². The van der Waals surface area contributed by atoms with Crippen LogP contribution >= 0.6 is 0 Å². The number of hydrogen-bond acceptors (Lipinski definition) is 6. The number of phenols is 1. The van der Waals surface area contributed by atoms with Crippen LogP contribution < -0.4 is 4.74 Å². The number of hydrogen-bond donors (Lipinski definition) is 3. The number of ether oxygens (including phenoxy) is 1. The van der Waals surface area contributed by atoms with Gasteiger partial charge in [0.25, 0.3) is 5.78 Å². The summed E-state index contributed by atoms with van der Waals surface area (Å²) in [6.45, 7) is 0. The van der Waals surface area contributed by atoms with Crippen molar-refractivity contribution in [3.05, 3.63) is 47.4 Å². The van der Waals surface area contributed by atoms with Crippen LogP contribution in [0.4, 0.5) is 0 Å². The molecule has 0 fully saturated rings. The van der Waals surface area contributed by atoms with E-state index in [9.17, 15) is 24.6 Å². The number of ketones is 2. The standard InChI is InChI=1S/C13H8O7/c14-6-1-2-8(13(18)19)10(4-6)20-11-5-7(15)3-9(16)12(11)17/h1-5,14,16H,(H,18,19). The lowest BCUT2D eigenvalue weighted by atomic mass is 10.1. The summed E-state index contributed by atoms with van der Waals surface area (Å²) in [5, 5.41) is 27.5. The SMILES string of the molecule is O=C1C=C(O)C(=O)C(Oc2cc(O)ccc2C(=O)O)=C1. The van der Waals surface area contributed by atoms with Crippen LogP contribution in [0.3, 0.4) is 0 Å². The topological polar surface area (TPSA) is 121 Å². The van der Waals surface area contributed by atoms with Gasteiger partial charge in [0.15, 0.2) is 17.3 Å². The summed E-state index contributed by atoms with van der Waals surface area (Å²) in [7, 11) is 0. The zero-order valence-corrected chi connectivity index (χ0v) is 9.86. The van der Waals surface area contributed by atoms with Gasteiger partial charge in [0, 0.05) is 18.2 Å². The number of Topliss-reactive ketones (excluding diaryl/α,β-unsaturated/α-hetero) is 1. The molecule has 0 unspecified atom stereocenters. The molecule has 1 aliphatic rings. The maximum atomic E-state index is 11.6. The Morgan fingerprint density at radius 1 is 1.10 bits per heavy atom. The van der Waals surface area contributed by atoms with Gasteiger partial charge in [0.1, 0.15) is 17.1 Å². The van der Waals surface area contributed by atoms with Crippen LogP contribution in [0.2, 0.25) is 0 Å². The Bertz CT molecular complexity index is 682. The van der Waals surface area contributed by atoms with Gasteiger partial charge in [0.05, 0.1) is 0 Å². The average Bonchev–Trinajstić information content (AvgIpc) is 2.35. The summed E-state index contributed by atoms with van der Waals surface area (Å²) in [5.74, 6) is -4.89. The van der Waals surface area contributed by atoms with Gasteiger partial charge >= 0.3 is 5.97 Å². The van der Waals surface area contributed by atoms with Crippen molar-refractivity contribution in [2.75, 3.05) is 0 Å². The van der Waals surface area contributed by atoms with Gasteiger partial charge in [-0.1, -0.05) is 0 Å². The van der Waals surface area contributed by atoms with Crippen molar-refractivity contribution in [3.8, 4) is 11.5 Å². The number of rotatable bonds is 3. The predicted octanol–water partition coefficient (Wildman–Crippen LogP) is 0.947. The lowest BCUT2D eigenvalue weighted by Gasteiger charge is -2.13. The molecule has 0 saturated heterocycles. The van der Waals surface area contributed by atoms with E-state index in [-0.39, 0.29) is 17.1 Å². The highest BCUT2D eigenvalue weighted by Gasteiger charge is 2.25. The number of aliphatic hydroxyl groups excluding tert-OH is 1. The second-order valence-electron chi connectivity index (χ2n) is 3.86. The number of aliphatic hydroxyl groups is 1. The highest BCUT2D eigenvalue weighted by molar-refractivity contribution is 6.18. The first-order valence-electron chi connectivity index (χ1n) is 5.33. The van der Waals surface area contributed by atoms with Crippen LogP contribution in [0.1, 0.15) is 10.4 Å². The molecule has 1 aromatic rings. The Balaban J connectivity index is 2.40. The summed E-state index contributed by atoms with van der Waals surface area (Å²) in [6, 6.07) is 3.20. The summed E-state index contributed by atoms with van der Waals surface area (Å²) < 4.78 is 5.03. The molecule has 1 aliphatic carbocycles. The average molecular weight is 276 g/mol. The first kappa shape index (κ1) is 13.3. The third kappa shape index (κ3) is 2.51. The van der Waals surface area contributed by atoms with E-state index in [4.69, 9.17) is 9.84 Å². The molecule has 3 N–H and O–H groups in total. The Kier molecular flexibility index (Phi) is 3.26. The fourth-order valence-corrected chi connectivity index (χ4v) is 1.53. The van der Waals surface area contributed by atoms with E-state index >= 15 is 0 Å². The quantitative estimate of drug-likeness (QED) is 0.702. The lowest BCUT2D eigenvalue weighted by Crippen LogP contribution is -2.18. The number of allylic oxidation sites excluding steroid dienone is 2. The van der Waals surface area contributed by atoms with Gasteiger partial charge in [-0.05, 0) is 12.1 Å². The van der Waals surface area contributed by atoms with E-state index in [1.165, 1.54) is 0 Å². The van der Waals surface area contributed by atoms with Gasteiger partial charge in [-0.15, -0.1) is 0 Å². The van der Waals surface area contributed by atoms with Gasteiger partial charge in [0.2, 0.25) is 0 Å². The van der Waals surface area contributed by atoms with Crippen molar-refractivity contribution in [1.29, 1.82) is 0 Å². The molecule has 102 valence electrons. The molecule has 2 rings (SSSR count).